The molecule has 1 saturated heterocycles. The molecule has 1 aliphatic heterocycles. The molecule has 2 N–H and O–H groups in total. The van der Waals surface area contributed by atoms with E-state index in [4.69, 9.17) is 29.6 Å². The van der Waals surface area contributed by atoms with Gasteiger partial charge in [0.1, 0.15) is 4.99 Å². The van der Waals surface area contributed by atoms with Crippen LogP contribution in [0.1, 0.15) is 31.2 Å². The summed E-state index contributed by atoms with van der Waals surface area (Å²) in [6.45, 7) is 0. The van der Waals surface area contributed by atoms with Gasteiger partial charge in [0.2, 0.25) is 11.8 Å². The lowest BCUT2D eigenvalue weighted by Gasteiger charge is -2.19. The molecule has 21 heavy (non-hydrogen) atoms. The number of hydrogen-bond acceptors (Lipinski definition) is 3. The number of halogens is 1. The van der Waals surface area contributed by atoms with Gasteiger partial charge in [-0.15, -0.1) is 0 Å². The fourth-order valence-corrected chi connectivity index (χ4v) is 3.63. The van der Waals surface area contributed by atoms with Crippen molar-refractivity contribution in [2.45, 2.75) is 25.7 Å². The van der Waals surface area contributed by atoms with Crippen LogP contribution in [0.2, 0.25) is 5.02 Å². The summed E-state index contributed by atoms with van der Waals surface area (Å²) in [6.07, 6.45) is 3.58. The third-order valence-electron chi connectivity index (χ3n) is 4.31. The maximum Gasteiger partial charge on any atom is 0.237 e. The lowest BCUT2D eigenvalue weighted by atomic mass is 9.81. The molecule has 3 rings (SSSR count). The summed E-state index contributed by atoms with van der Waals surface area (Å²) in [5.74, 6) is -0.625. The predicted octanol–water partition coefficient (Wildman–Crippen LogP) is 2.65. The Kier molecular flexibility index (Phi) is 3.71. The highest BCUT2D eigenvalue weighted by atomic mass is 35.5. The topological polar surface area (TPSA) is 63.4 Å². The molecule has 0 aromatic heterocycles. The molecule has 1 aromatic rings. The molecule has 0 spiro atoms. The smallest absolute Gasteiger partial charge is 0.237 e. The Hall–Kier alpha value is -1.46. The highest BCUT2D eigenvalue weighted by molar-refractivity contribution is 7.80. The van der Waals surface area contributed by atoms with E-state index in [0.29, 0.717) is 16.3 Å². The van der Waals surface area contributed by atoms with Gasteiger partial charge in [0.15, 0.2) is 0 Å². The van der Waals surface area contributed by atoms with Gasteiger partial charge in [0.05, 0.1) is 22.5 Å². The van der Waals surface area contributed by atoms with Crippen molar-refractivity contribution >= 4 is 46.3 Å². The summed E-state index contributed by atoms with van der Waals surface area (Å²) < 4.78 is 0. The molecule has 6 heteroatoms. The highest BCUT2D eigenvalue weighted by Crippen LogP contribution is 2.41. The van der Waals surface area contributed by atoms with E-state index in [1.165, 1.54) is 4.90 Å². The largest absolute Gasteiger partial charge is 0.389 e. The number of amides is 2. The Balaban J connectivity index is 1.98. The first-order valence-corrected chi connectivity index (χ1v) is 7.76. The molecule has 1 aromatic carbocycles. The molecule has 1 saturated carbocycles. The Morgan fingerprint density at radius 2 is 1.76 bits per heavy atom. The molecule has 1 aliphatic carbocycles. The number of carbonyl (C=O) groups excluding carboxylic acids is 2. The molecule has 2 atom stereocenters. The lowest BCUT2D eigenvalue weighted by molar-refractivity contribution is -0.122. The Morgan fingerprint density at radius 1 is 1.19 bits per heavy atom. The van der Waals surface area contributed by atoms with E-state index in [1.54, 1.807) is 18.2 Å². The van der Waals surface area contributed by atoms with Crippen molar-refractivity contribution in [1.29, 1.82) is 0 Å². The minimum atomic E-state index is -0.183. The van der Waals surface area contributed by atoms with E-state index in [-0.39, 0.29) is 28.6 Å². The van der Waals surface area contributed by atoms with Gasteiger partial charge in [-0.25, -0.2) is 4.90 Å². The van der Waals surface area contributed by atoms with Crippen molar-refractivity contribution in [1.82, 2.24) is 0 Å². The number of thiocarbonyl (C=S) groups is 1. The normalized spacial score (nSPS) is 25.1. The van der Waals surface area contributed by atoms with Crippen LogP contribution in [0.25, 0.3) is 0 Å². The molecule has 110 valence electrons. The van der Waals surface area contributed by atoms with Crippen LogP contribution in [-0.4, -0.2) is 16.8 Å². The number of anilines is 1. The van der Waals surface area contributed by atoms with Crippen LogP contribution >= 0.6 is 23.8 Å². The average Bonchev–Trinajstić information content (AvgIpc) is 2.72. The van der Waals surface area contributed by atoms with Crippen molar-refractivity contribution < 1.29 is 9.59 Å². The van der Waals surface area contributed by atoms with Crippen LogP contribution in [0.15, 0.2) is 18.2 Å². The number of nitrogens with zero attached hydrogens (tertiary/aromatic N) is 1. The molecular formula is C15H15ClN2O2S. The molecule has 2 aliphatic rings. The first-order valence-electron chi connectivity index (χ1n) is 6.98. The third kappa shape index (κ3) is 2.34. The lowest BCUT2D eigenvalue weighted by Crippen LogP contribution is -2.31. The first-order chi connectivity index (χ1) is 10.0. The second-order valence-corrected chi connectivity index (χ2v) is 6.39. The van der Waals surface area contributed by atoms with Gasteiger partial charge in [-0.2, -0.15) is 0 Å². The zero-order chi connectivity index (χ0) is 15.1. The van der Waals surface area contributed by atoms with Gasteiger partial charge in [-0.1, -0.05) is 36.7 Å². The molecular weight excluding hydrogens is 308 g/mol. The number of carbonyl (C=O) groups is 2. The number of imide groups is 1. The molecule has 2 fully saturated rings. The minimum absolute atomic E-state index is 0.130. The second kappa shape index (κ2) is 5.39. The number of nitrogens with two attached hydrogens (primary N) is 1. The van der Waals surface area contributed by atoms with Gasteiger partial charge in [0, 0.05) is 5.56 Å². The van der Waals surface area contributed by atoms with Crippen molar-refractivity contribution in [2.75, 3.05) is 4.90 Å². The summed E-state index contributed by atoms with van der Waals surface area (Å²) in [5, 5.41) is 0.320. The Labute approximate surface area is 133 Å². The van der Waals surface area contributed by atoms with E-state index >= 15 is 0 Å². The first kappa shape index (κ1) is 14.5. The van der Waals surface area contributed by atoms with Crippen LogP contribution in [0.4, 0.5) is 5.69 Å². The summed E-state index contributed by atoms with van der Waals surface area (Å²) in [6, 6.07) is 4.93. The Bertz CT molecular complexity index is 623. The van der Waals surface area contributed by atoms with Crippen molar-refractivity contribution in [3.8, 4) is 0 Å². The maximum absolute atomic E-state index is 12.5. The zero-order valence-electron chi connectivity index (χ0n) is 11.3. The predicted molar refractivity (Wildman–Crippen MR) is 85.3 cm³/mol. The number of benzene rings is 1. The van der Waals surface area contributed by atoms with Gasteiger partial charge < -0.3 is 5.73 Å². The molecule has 2 unspecified atom stereocenters. The summed E-state index contributed by atoms with van der Waals surface area (Å²) in [4.78, 5) is 26.5. The van der Waals surface area contributed by atoms with Crippen molar-refractivity contribution in [2.24, 2.45) is 17.6 Å². The second-order valence-electron chi connectivity index (χ2n) is 5.54. The fraction of sp³-hybridized carbons (Fsp3) is 0.400. The standard InChI is InChI=1S/C15H15ClN2O2S/c16-11-7-8(13(17)21)5-6-12(11)18-14(19)9-3-1-2-4-10(9)15(18)20/h5-7,9-10H,1-4H2,(H2,17,21). The number of hydrogen-bond donors (Lipinski definition) is 1. The highest BCUT2D eigenvalue weighted by Gasteiger charge is 2.49. The summed E-state index contributed by atoms with van der Waals surface area (Å²) in [7, 11) is 0. The van der Waals surface area contributed by atoms with Gasteiger partial charge in [-0.05, 0) is 31.0 Å². The van der Waals surface area contributed by atoms with Crippen molar-refractivity contribution in [3.63, 3.8) is 0 Å². The van der Waals surface area contributed by atoms with Crippen molar-refractivity contribution in [3.05, 3.63) is 28.8 Å². The van der Waals surface area contributed by atoms with Crippen LogP contribution in [-0.2, 0) is 9.59 Å². The average molecular weight is 323 g/mol. The molecule has 0 radical (unpaired) electrons. The molecule has 1 heterocycles. The van der Waals surface area contributed by atoms with E-state index in [1.807, 2.05) is 0 Å². The summed E-state index contributed by atoms with van der Waals surface area (Å²) >= 11 is 11.1. The van der Waals surface area contributed by atoms with E-state index in [0.717, 1.165) is 25.7 Å². The van der Waals surface area contributed by atoms with E-state index in [9.17, 15) is 9.59 Å². The minimum Gasteiger partial charge on any atom is -0.389 e. The van der Waals surface area contributed by atoms with E-state index < -0.39 is 0 Å². The monoisotopic (exact) mass is 322 g/mol. The molecule has 2 amide bonds. The van der Waals surface area contributed by atoms with Crippen LogP contribution in [0.3, 0.4) is 0 Å². The van der Waals surface area contributed by atoms with E-state index in [2.05, 4.69) is 0 Å². The van der Waals surface area contributed by atoms with Gasteiger partial charge in [-0.3, -0.25) is 9.59 Å². The SMILES string of the molecule is NC(=S)c1ccc(N2C(=O)C3CCCCC3C2=O)c(Cl)c1. The quantitative estimate of drug-likeness (QED) is 0.671. The number of rotatable bonds is 2. The van der Waals surface area contributed by atoms with Crippen LogP contribution in [0, 0.1) is 11.8 Å². The van der Waals surface area contributed by atoms with Crippen LogP contribution < -0.4 is 10.6 Å². The van der Waals surface area contributed by atoms with Gasteiger partial charge >= 0.3 is 0 Å². The zero-order valence-corrected chi connectivity index (χ0v) is 12.9. The van der Waals surface area contributed by atoms with Gasteiger partial charge in [0.25, 0.3) is 0 Å². The molecule has 4 nitrogen and oxygen atoms in total. The number of fused-ring (bicyclic) bond motifs is 1. The molecule has 0 bridgehead atoms. The Morgan fingerprint density at radius 3 is 2.24 bits per heavy atom. The summed E-state index contributed by atoms with van der Waals surface area (Å²) in [5.41, 5.74) is 6.61. The maximum atomic E-state index is 12.5. The van der Waals surface area contributed by atoms with Crippen LogP contribution in [0.5, 0.6) is 0 Å². The third-order valence-corrected chi connectivity index (χ3v) is 4.85. The fourth-order valence-electron chi connectivity index (χ4n) is 3.24.